The predicted octanol–water partition coefficient (Wildman–Crippen LogP) is 5.67. The van der Waals surface area contributed by atoms with Crippen LogP contribution in [-0.2, 0) is 37.3 Å². The number of hydrogen-bond donors (Lipinski definition) is 2. The second-order valence-corrected chi connectivity index (χ2v) is 19.9. The number of hydrogen-bond acceptors (Lipinski definition) is 8. The molecule has 0 bridgehead atoms. The summed E-state index contributed by atoms with van der Waals surface area (Å²) < 4.78 is 40.4. The zero-order valence-electron chi connectivity index (χ0n) is 25.2. The van der Waals surface area contributed by atoms with E-state index in [1.807, 2.05) is 41.0 Å². The van der Waals surface area contributed by atoms with Crippen molar-refractivity contribution in [2.24, 2.45) is 0 Å². The Morgan fingerprint density at radius 2 is 1.81 bits per heavy atom. The minimum atomic E-state index is -3.72. The van der Waals surface area contributed by atoms with E-state index in [1.54, 1.807) is 26.8 Å². The van der Waals surface area contributed by atoms with Gasteiger partial charge in [0.2, 0.25) is 0 Å². The van der Waals surface area contributed by atoms with Crippen LogP contribution in [0.2, 0.25) is 25.7 Å². The van der Waals surface area contributed by atoms with Crippen LogP contribution in [0.4, 0.5) is 5.95 Å². The highest BCUT2D eigenvalue weighted by atomic mass is 32.2. The van der Waals surface area contributed by atoms with Crippen molar-refractivity contribution in [2.75, 3.05) is 18.9 Å². The van der Waals surface area contributed by atoms with Gasteiger partial charge < -0.3 is 24.8 Å². The molecule has 0 saturated carbocycles. The van der Waals surface area contributed by atoms with Gasteiger partial charge in [-0.3, -0.25) is 4.79 Å². The number of aromatic amines is 1. The molecule has 2 heterocycles. The van der Waals surface area contributed by atoms with Gasteiger partial charge in [-0.05, 0) is 38.9 Å². The molecule has 2 aromatic heterocycles. The van der Waals surface area contributed by atoms with E-state index >= 15 is 0 Å². The maximum atomic E-state index is 13.5. The first-order chi connectivity index (χ1) is 19.8. The summed E-state index contributed by atoms with van der Waals surface area (Å²) in [7, 11) is -5.07. The second-order valence-electron chi connectivity index (χ2n) is 11.8. The summed E-state index contributed by atoms with van der Waals surface area (Å²) in [5.41, 5.74) is 9.60. The van der Waals surface area contributed by atoms with Gasteiger partial charge in [0.1, 0.15) is 18.1 Å². The van der Waals surface area contributed by atoms with Crippen molar-refractivity contribution in [3.8, 4) is 22.5 Å². The summed E-state index contributed by atoms with van der Waals surface area (Å²) in [6, 6.07) is 14.2. The fraction of sp³-hybridized carbons (Fsp3) is 0.433. The third kappa shape index (κ3) is 7.11. The number of anilines is 1. The average Bonchev–Trinajstić information content (AvgIpc) is 3.48. The van der Waals surface area contributed by atoms with Crippen molar-refractivity contribution in [3.05, 3.63) is 48.3 Å². The van der Waals surface area contributed by atoms with Gasteiger partial charge in [0.05, 0.1) is 40.1 Å². The number of carbonyl (C=O) groups excluding carboxylic acids is 1. The summed E-state index contributed by atoms with van der Waals surface area (Å²) in [4.78, 5) is 24.7. The van der Waals surface area contributed by atoms with E-state index < -0.39 is 23.2 Å². The number of sulfone groups is 1. The molecule has 0 saturated heterocycles. The smallest absolute Gasteiger partial charge is 0.306 e. The number of esters is 1. The number of carbonyl (C=O) groups is 1. The van der Waals surface area contributed by atoms with Crippen molar-refractivity contribution in [1.82, 2.24) is 19.5 Å². The first kappa shape index (κ1) is 31.5. The summed E-state index contributed by atoms with van der Waals surface area (Å²) >= 11 is 0. The fourth-order valence-electron chi connectivity index (χ4n) is 4.61. The molecular weight excluding hydrogens is 571 g/mol. The number of nitrogen functional groups attached to an aromatic ring is 1. The van der Waals surface area contributed by atoms with Crippen LogP contribution >= 0.6 is 0 Å². The maximum Gasteiger partial charge on any atom is 0.306 e. The Hall–Kier alpha value is -3.48. The van der Waals surface area contributed by atoms with E-state index in [0.29, 0.717) is 53.4 Å². The number of aryl methyl sites for hydroxylation is 1. The number of H-pyrrole nitrogens is 1. The Bertz CT molecular complexity index is 1660. The average molecular weight is 612 g/mol. The number of fused-ring (bicyclic) bond motifs is 1. The molecule has 0 atom stereocenters. The van der Waals surface area contributed by atoms with Crippen LogP contribution in [0.15, 0.2) is 47.4 Å². The number of rotatable bonds is 13. The number of nitrogens with two attached hydrogens (primary N) is 1. The van der Waals surface area contributed by atoms with Gasteiger partial charge in [0.15, 0.2) is 15.8 Å². The number of imidazole rings is 2. The van der Waals surface area contributed by atoms with Crippen LogP contribution < -0.4 is 5.73 Å². The third-order valence-electron chi connectivity index (χ3n) is 6.94. The molecule has 0 aliphatic carbocycles. The van der Waals surface area contributed by atoms with E-state index in [4.69, 9.17) is 20.2 Å². The van der Waals surface area contributed by atoms with Crippen molar-refractivity contribution in [3.63, 3.8) is 0 Å². The summed E-state index contributed by atoms with van der Waals surface area (Å²) in [5.74, 6) is 0.459. The zero-order chi connectivity index (χ0) is 30.7. The Balaban J connectivity index is 1.95. The molecule has 0 spiro atoms. The monoisotopic (exact) mass is 611 g/mol. The van der Waals surface area contributed by atoms with Gasteiger partial charge in [-0.15, -0.1) is 0 Å². The first-order valence-electron chi connectivity index (χ1n) is 14.2. The zero-order valence-corrected chi connectivity index (χ0v) is 27.0. The third-order valence-corrected chi connectivity index (χ3v) is 10.8. The topological polar surface area (TPSA) is 142 Å². The standard InChI is InChI=1S/C30H41N5O5SSi/c1-7-40-26(36)14-13-25-33-27(21-11-9-8-10-12-21)29(35(25)19-39-15-16-42(4,5)6)22-17-23-28(34-30(31)32-23)24(18-22)41(37,38)20(2)3/h8-12,17-18,20H,7,13-16,19H2,1-6H3,(H3,31,32,34). The molecule has 4 aromatic rings. The van der Waals surface area contributed by atoms with E-state index in [2.05, 4.69) is 29.6 Å². The molecule has 226 valence electrons. The molecule has 0 aliphatic rings. The van der Waals surface area contributed by atoms with Crippen molar-refractivity contribution >= 4 is 40.9 Å². The number of nitrogens with one attached hydrogen (secondary N) is 1. The summed E-state index contributed by atoms with van der Waals surface area (Å²) in [5, 5.41) is -0.669. The second kappa shape index (κ2) is 12.8. The highest BCUT2D eigenvalue weighted by molar-refractivity contribution is 7.92. The van der Waals surface area contributed by atoms with Gasteiger partial charge in [-0.2, -0.15) is 0 Å². The van der Waals surface area contributed by atoms with Gasteiger partial charge in [0.25, 0.3) is 0 Å². The molecule has 4 rings (SSSR count). The largest absolute Gasteiger partial charge is 0.466 e. The van der Waals surface area contributed by atoms with Gasteiger partial charge in [0, 0.05) is 32.2 Å². The molecule has 42 heavy (non-hydrogen) atoms. The number of nitrogens with zero attached hydrogens (tertiary/aromatic N) is 3. The Labute approximate surface area is 248 Å². The van der Waals surface area contributed by atoms with Gasteiger partial charge in [-0.1, -0.05) is 50.0 Å². The Morgan fingerprint density at radius 3 is 2.45 bits per heavy atom. The van der Waals surface area contributed by atoms with Crippen LogP contribution in [0.25, 0.3) is 33.5 Å². The number of aromatic nitrogens is 4. The predicted molar refractivity (Wildman–Crippen MR) is 169 cm³/mol. The molecular formula is C30H41N5O5SSi. The highest BCUT2D eigenvalue weighted by Crippen LogP contribution is 2.38. The minimum absolute atomic E-state index is 0.0948. The molecule has 10 nitrogen and oxygen atoms in total. The lowest BCUT2D eigenvalue weighted by Crippen LogP contribution is -2.22. The molecule has 0 amide bonds. The Morgan fingerprint density at radius 1 is 1.10 bits per heavy atom. The lowest BCUT2D eigenvalue weighted by Gasteiger charge is -2.18. The lowest BCUT2D eigenvalue weighted by molar-refractivity contribution is -0.143. The molecule has 3 N–H and O–H groups in total. The normalized spacial score (nSPS) is 12.4. The lowest BCUT2D eigenvalue weighted by atomic mass is 10.0. The fourth-order valence-corrected chi connectivity index (χ4v) is 6.59. The minimum Gasteiger partial charge on any atom is -0.466 e. The maximum absolute atomic E-state index is 13.5. The van der Waals surface area contributed by atoms with Crippen molar-refractivity contribution in [1.29, 1.82) is 0 Å². The van der Waals surface area contributed by atoms with Crippen molar-refractivity contribution < 1.29 is 22.7 Å². The van der Waals surface area contributed by atoms with Crippen LogP contribution in [-0.4, -0.2) is 60.4 Å². The molecule has 0 aliphatic heterocycles. The molecule has 12 heteroatoms. The first-order valence-corrected chi connectivity index (χ1v) is 19.5. The SMILES string of the molecule is CCOC(=O)CCc1nc(-c2ccccc2)c(-c2cc(S(=O)(=O)C(C)C)c3nc(N)[nH]c3c2)n1COCC[Si](C)(C)C. The Kier molecular flexibility index (Phi) is 9.59. The van der Waals surface area contributed by atoms with E-state index in [9.17, 15) is 13.2 Å². The summed E-state index contributed by atoms with van der Waals surface area (Å²) in [6.45, 7) is 13.0. The van der Waals surface area contributed by atoms with Crippen LogP contribution in [0.5, 0.6) is 0 Å². The van der Waals surface area contributed by atoms with Crippen LogP contribution in [0, 0.1) is 0 Å². The van der Waals surface area contributed by atoms with Crippen LogP contribution in [0.3, 0.4) is 0 Å². The number of ether oxygens (including phenoxy) is 2. The van der Waals surface area contributed by atoms with Crippen LogP contribution in [0.1, 0.15) is 33.0 Å². The van der Waals surface area contributed by atoms with E-state index in [0.717, 1.165) is 11.6 Å². The van der Waals surface area contributed by atoms with Gasteiger partial charge in [-0.25, -0.2) is 18.4 Å². The van der Waals surface area contributed by atoms with Crippen molar-refractivity contribution in [2.45, 2.75) is 76.2 Å². The van der Waals surface area contributed by atoms with E-state index in [1.165, 1.54) is 0 Å². The molecule has 0 radical (unpaired) electrons. The van der Waals surface area contributed by atoms with Gasteiger partial charge >= 0.3 is 5.97 Å². The molecule has 2 aromatic carbocycles. The summed E-state index contributed by atoms with van der Waals surface area (Å²) in [6.07, 6.45) is 0.475. The molecule has 0 fully saturated rings. The highest BCUT2D eigenvalue weighted by Gasteiger charge is 2.28. The molecule has 0 unspecified atom stereocenters. The number of benzene rings is 2. The van der Waals surface area contributed by atoms with E-state index in [-0.39, 0.29) is 30.0 Å². The quantitative estimate of drug-likeness (QED) is 0.112.